The molecule has 22 heavy (non-hydrogen) atoms. The molecule has 2 rings (SSSR count). The second-order valence-corrected chi connectivity index (χ2v) is 6.92. The zero-order valence-corrected chi connectivity index (χ0v) is 16.9. The van der Waals surface area contributed by atoms with Gasteiger partial charge in [-0.05, 0) is 52.5 Å². The number of likely N-dealkylation sites (tertiary alicyclic amines) is 1. The molecule has 1 aliphatic heterocycles. The minimum atomic E-state index is -0.210. The van der Waals surface area contributed by atoms with E-state index in [1.165, 1.54) is 32.4 Å². The van der Waals surface area contributed by atoms with Crippen molar-refractivity contribution in [2.75, 3.05) is 39.8 Å². The molecule has 130 valence electrons. The molecule has 0 bridgehead atoms. The number of ether oxygens (including phenoxy) is 1. The quantitative estimate of drug-likeness (QED) is 0.373. The van der Waals surface area contributed by atoms with Gasteiger partial charge in [-0.15, -0.1) is 24.0 Å². The fourth-order valence-electron chi connectivity index (χ4n) is 2.72. The lowest BCUT2D eigenvalue weighted by molar-refractivity contribution is 0.0310. The molecule has 1 aliphatic carbocycles. The third-order valence-electron chi connectivity index (χ3n) is 4.45. The Morgan fingerprint density at radius 3 is 2.59 bits per heavy atom. The van der Waals surface area contributed by atoms with Gasteiger partial charge in [-0.1, -0.05) is 0 Å². The molecule has 0 spiro atoms. The normalized spacial score (nSPS) is 23.3. The van der Waals surface area contributed by atoms with Crippen molar-refractivity contribution in [3.63, 3.8) is 0 Å². The van der Waals surface area contributed by atoms with Crippen molar-refractivity contribution >= 4 is 29.9 Å². The van der Waals surface area contributed by atoms with Gasteiger partial charge in [0.15, 0.2) is 5.96 Å². The van der Waals surface area contributed by atoms with Crippen LogP contribution >= 0.6 is 24.0 Å². The fourth-order valence-corrected chi connectivity index (χ4v) is 2.72. The van der Waals surface area contributed by atoms with Crippen molar-refractivity contribution in [2.45, 2.75) is 51.7 Å². The Morgan fingerprint density at radius 2 is 2.00 bits per heavy atom. The molecule has 1 saturated carbocycles. The van der Waals surface area contributed by atoms with Gasteiger partial charge in [0.1, 0.15) is 0 Å². The van der Waals surface area contributed by atoms with Crippen LogP contribution in [0.15, 0.2) is 4.99 Å². The molecule has 1 heterocycles. The van der Waals surface area contributed by atoms with Crippen molar-refractivity contribution in [3.05, 3.63) is 0 Å². The standard InChI is InChI=1S/C16H32N4O.HI/c1-5-17-15(19-12-16(2,3)21-4)18-10-13-8-9-20(11-13)14-6-7-14;/h13-14H,5-12H2,1-4H3,(H2,17,18,19);1H. The number of hydrogen-bond donors (Lipinski definition) is 2. The summed E-state index contributed by atoms with van der Waals surface area (Å²) in [5.74, 6) is 1.66. The topological polar surface area (TPSA) is 48.9 Å². The van der Waals surface area contributed by atoms with E-state index in [-0.39, 0.29) is 29.6 Å². The van der Waals surface area contributed by atoms with Crippen LogP contribution in [-0.4, -0.2) is 62.3 Å². The van der Waals surface area contributed by atoms with Crippen LogP contribution in [0, 0.1) is 5.92 Å². The molecule has 6 heteroatoms. The second kappa shape index (κ2) is 9.27. The molecule has 2 aliphatic rings. The van der Waals surface area contributed by atoms with Crippen LogP contribution in [0.3, 0.4) is 0 Å². The zero-order valence-electron chi connectivity index (χ0n) is 14.5. The Hall–Kier alpha value is -0.0800. The minimum Gasteiger partial charge on any atom is -0.377 e. The predicted molar refractivity (Wildman–Crippen MR) is 103 cm³/mol. The largest absolute Gasteiger partial charge is 0.377 e. The van der Waals surface area contributed by atoms with Gasteiger partial charge < -0.3 is 20.3 Å². The van der Waals surface area contributed by atoms with E-state index in [2.05, 4.69) is 41.3 Å². The van der Waals surface area contributed by atoms with Crippen LogP contribution in [0.2, 0.25) is 0 Å². The maximum Gasteiger partial charge on any atom is 0.191 e. The van der Waals surface area contributed by atoms with Gasteiger partial charge in [-0.2, -0.15) is 0 Å². The van der Waals surface area contributed by atoms with Crippen LogP contribution in [0.1, 0.15) is 40.0 Å². The highest BCUT2D eigenvalue weighted by Crippen LogP contribution is 2.31. The van der Waals surface area contributed by atoms with Gasteiger partial charge in [0.25, 0.3) is 0 Å². The van der Waals surface area contributed by atoms with Gasteiger partial charge >= 0.3 is 0 Å². The monoisotopic (exact) mass is 424 g/mol. The number of nitrogens with zero attached hydrogens (tertiary/aromatic N) is 2. The van der Waals surface area contributed by atoms with E-state index < -0.39 is 0 Å². The molecule has 2 fully saturated rings. The molecule has 0 amide bonds. The van der Waals surface area contributed by atoms with Gasteiger partial charge in [0.2, 0.25) is 0 Å². The summed E-state index contributed by atoms with van der Waals surface area (Å²) in [5.41, 5.74) is -0.210. The maximum atomic E-state index is 5.42. The number of guanidine groups is 1. The van der Waals surface area contributed by atoms with Crippen LogP contribution < -0.4 is 10.6 Å². The highest BCUT2D eigenvalue weighted by Gasteiger charge is 2.34. The summed E-state index contributed by atoms with van der Waals surface area (Å²) in [6.45, 7) is 11.3. The molecule has 5 nitrogen and oxygen atoms in total. The minimum absolute atomic E-state index is 0. The number of aliphatic imine (C=N–C) groups is 1. The Bertz CT molecular complexity index is 358. The van der Waals surface area contributed by atoms with Crippen LogP contribution in [-0.2, 0) is 4.74 Å². The van der Waals surface area contributed by atoms with E-state index in [4.69, 9.17) is 4.74 Å². The number of halogens is 1. The lowest BCUT2D eigenvalue weighted by atomic mass is 10.1. The van der Waals surface area contributed by atoms with E-state index >= 15 is 0 Å². The van der Waals surface area contributed by atoms with E-state index in [0.717, 1.165) is 31.0 Å². The molecule has 2 N–H and O–H groups in total. The summed E-state index contributed by atoms with van der Waals surface area (Å²) in [6, 6.07) is 0.902. The molecule has 0 radical (unpaired) electrons. The highest BCUT2D eigenvalue weighted by molar-refractivity contribution is 14.0. The first-order chi connectivity index (χ1) is 10.0. The van der Waals surface area contributed by atoms with Crippen molar-refractivity contribution < 1.29 is 4.74 Å². The number of rotatable bonds is 7. The lowest BCUT2D eigenvalue weighted by Gasteiger charge is -2.22. The second-order valence-electron chi connectivity index (χ2n) is 6.92. The molecule has 0 aromatic carbocycles. The smallest absolute Gasteiger partial charge is 0.191 e. The van der Waals surface area contributed by atoms with Crippen molar-refractivity contribution in [3.8, 4) is 0 Å². The molecular weight excluding hydrogens is 391 g/mol. The number of hydrogen-bond acceptors (Lipinski definition) is 3. The predicted octanol–water partition coefficient (Wildman–Crippen LogP) is 2.07. The first kappa shape index (κ1) is 20.0. The van der Waals surface area contributed by atoms with Gasteiger partial charge in [0.05, 0.1) is 12.1 Å². The number of nitrogens with one attached hydrogen (secondary N) is 2. The van der Waals surface area contributed by atoms with E-state index in [9.17, 15) is 0 Å². The lowest BCUT2D eigenvalue weighted by Crippen LogP contribution is -2.41. The average Bonchev–Trinajstić information content (AvgIpc) is 3.21. The first-order valence-electron chi connectivity index (χ1n) is 8.35. The Balaban J connectivity index is 0.00000242. The summed E-state index contributed by atoms with van der Waals surface area (Å²) >= 11 is 0. The molecule has 0 aromatic rings. The summed E-state index contributed by atoms with van der Waals surface area (Å²) in [7, 11) is 1.74. The highest BCUT2D eigenvalue weighted by atomic mass is 127. The first-order valence-corrected chi connectivity index (χ1v) is 8.35. The molecule has 1 atom stereocenters. The molecule has 1 unspecified atom stereocenters. The maximum absolute atomic E-state index is 5.42. The van der Waals surface area contributed by atoms with Crippen molar-refractivity contribution in [1.29, 1.82) is 0 Å². The van der Waals surface area contributed by atoms with E-state index in [1.54, 1.807) is 7.11 Å². The van der Waals surface area contributed by atoms with Crippen molar-refractivity contribution in [1.82, 2.24) is 15.5 Å². The van der Waals surface area contributed by atoms with Gasteiger partial charge in [-0.3, -0.25) is 4.99 Å². The molecule has 1 saturated heterocycles. The SMILES string of the molecule is CCNC(=NCC(C)(C)OC)NCC1CCN(C2CC2)C1.I. The van der Waals surface area contributed by atoms with Crippen LogP contribution in [0.25, 0.3) is 0 Å². The third kappa shape index (κ3) is 6.58. The van der Waals surface area contributed by atoms with Gasteiger partial charge in [0, 0.05) is 32.8 Å². The Morgan fingerprint density at radius 1 is 1.27 bits per heavy atom. The fraction of sp³-hybridized carbons (Fsp3) is 0.938. The van der Waals surface area contributed by atoms with Crippen LogP contribution in [0.5, 0.6) is 0 Å². The molecule has 0 aromatic heterocycles. The number of methoxy groups -OCH3 is 1. The van der Waals surface area contributed by atoms with Crippen LogP contribution in [0.4, 0.5) is 0 Å². The molecular formula is C16H33IN4O. The Kier molecular flexibility index (Phi) is 8.42. The van der Waals surface area contributed by atoms with Gasteiger partial charge in [-0.25, -0.2) is 0 Å². The average molecular weight is 424 g/mol. The summed E-state index contributed by atoms with van der Waals surface area (Å²) in [4.78, 5) is 7.30. The third-order valence-corrected chi connectivity index (χ3v) is 4.45. The van der Waals surface area contributed by atoms with Crippen molar-refractivity contribution in [2.24, 2.45) is 10.9 Å². The van der Waals surface area contributed by atoms with E-state index in [0.29, 0.717) is 6.54 Å². The van der Waals surface area contributed by atoms with E-state index in [1.807, 2.05) is 0 Å². The summed E-state index contributed by atoms with van der Waals surface area (Å²) in [5, 5.41) is 6.82. The zero-order chi connectivity index (χ0) is 15.3. The summed E-state index contributed by atoms with van der Waals surface area (Å²) < 4.78 is 5.42. The Labute approximate surface area is 152 Å². The summed E-state index contributed by atoms with van der Waals surface area (Å²) in [6.07, 6.45) is 4.14.